The second kappa shape index (κ2) is 6.11. The van der Waals surface area contributed by atoms with Crippen LogP contribution >= 0.6 is 0 Å². The molecule has 0 bridgehead atoms. The molecular formula is C16H25N3O4. The maximum Gasteiger partial charge on any atom is 0.302 e. The zero-order valence-corrected chi connectivity index (χ0v) is 13.8. The summed E-state index contributed by atoms with van der Waals surface area (Å²) in [5.41, 5.74) is -0.487. The lowest BCUT2D eigenvalue weighted by molar-refractivity contribution is -0.172. The number of ether oxygens (including phenoxy) is 1. The predicted octanol–water partition coefficient (Wildman–Crippen LogP) is -0.107. The summed E-state index contributed by atoms with van der Waals surface area (Å²) in [6.45, 7) is 5.80. The highest BCUT2D eigenvalue weighted by Crippen LogP contribution is 2.34. The van der Waals surface area contributed by atoms with E-state index in [0.717, 1.165) is 32.2 Å². The predicted molar refractivity (Wildman–Crippen MR) is 82.5 cm³/mol. The number of esters is 1. The summed E-state index contributed by atoms with van der Waals surface area (Å²) >= 11 is 0. The summed E-state index contributed by atoms with van der Waals surface area (Å²) in [5, 5.41) is 3.27. The fourth-order valence-electron chi connectivity index (χ4n) is 4.00. The number of hydrogen-bond donors (Lipinski definition) is 1. The zero-order chi connectivity index (χ0) is 16.6. The van der Waals surface area contributed by atoms with Crippen LogP contribution in [0.15, 0.2) is 0 Å². The molecule has 0 aromatic rings. The fraction of sp³-hybridized carbons (Fsp3) is 0.812. The molecule has 3 aliphatic rings. The third kappa shape index (κ3) is 2.82. The molecule has 2 amide bonds. The molecule has 1 spiro atoms. The molecule has 0 aromatic heterocycles. The Morgan fingerprint density at radius 3 is 2.48 bits per heavy atom. The monoisotopic (exact) mass is 323 g/mol. The van der Waals surface area contributed by atoms with Crippen molar-refractivity contribution < 1.29 is 19.1 Å². The molecule has 7 nitrogen and oxygen atoms in total. The minimum atomic E-state index is -0.711. The van der Waals surface area contributed by atoms with E-state index in [-0.39, 0.29) is 11.8 Å². The number of β-lactam (4-membered cyclic amide) rings is 1. The van der Waals surface area contributed by atoms with Gasteiger partial charge in [-0.2, -0.15) is 0 Å². The molecule has 0 saturated carbocycles. The van der Waals surface area contributed by atoms with Gasteiger partial charge in [-0.05, 0) is 39.2 Å². The van der Waals surface area contributed by atoms with E-state index in [1.807, 2.05) is 0 Å². The van der Waals surface area contributed by atoms with Crippen LogP contribution in [0.1, 0.15) is 39.5 Å². The van der Waals surface area contributed by atoms with Crippen molar-refractivity contribution in [3.05, 3.63) is 0 Å². The van der Waals surface area contributed by atoms with Gasteiger partial charge in [0.25, 0.3) is 0 Å². The lowest BCUT2D eigenvalue weighted by Crippen LogP contribution is -2.76. The molecule has 3 unspecified atom stereocenters. The number of rotatable bonds is 4. The van der Waals surface area contributed by atoms with Crippen LogP contribution in [0.4, 0.5) is 0 Å². The third-order valence-corrected chi connectivity index (χ3v) is 5.16. The molecule has 23 heavy (non-hydrogen) atoms. The molecule has 0 aromatic carbocycles. The average molecular weight is 323 g/mol. The normalized spacial score (nSPS) is 29.6. The summed E-state index contributed by atoms with van der Waals surface area (Å²) < 4.78 is 5.25. The first-order chi connectivity index (χ1) is 10.9. The topological polar surface area (TPSA) is 79.0 Å². The first-order valence-corrected chi connectivity index (χ1v) is 8.47. The third-order valence-electron chi connectivity index (χ3n) is 5.16. The number of likely N-dealkylation sites (tertiary alicyclic amines) is 2. The van der Waals surface area contributed by atoms with E-state index in [4.69, 9.17) is 4.74 Å². The zero-order valence-electron chi connectivity index (χ0n) is 13.8. The van der Waals surface area contributed by atoms with Crippen molar-refractivity contribution in [2.45, 2.75) is 57.2 Å². The number of nitrogens with zero attached hydrogens (tertiary/aromatic N) is 2. The minimum Gasteiger partial charge on any atom is -0.460 e. The second-order valence-corrected chi connectivity index (χ2v) is 6.84. The molecule has 7 heteroatoms. The summed E-state index contributed by atoms with van der Waals surface area (Å²) in [5.74, 6) is -0.567. The maximum atomic E-state index is 12.9. The van der Waals surface area contributed by atoms with Gasteiger partial charge in [0.1, 0.15) is 17.7 Å². The quantitative estimate of drug-likeness (QED) is 0.577. The van der Waals surface area contributed by atoms with Gasteiger partial charge < -0.3 is 19.9 Å². The van der Waals surface area contributed by atoms with Crippen LogP contribution in [-0.4, -0.2) is 71.4 Å². The lowest BCUT2D eigenvalue weighted by atomic mass is 9.84. The Bertz CT molecular complexity index is 509. The van der Waals surface area contributed by atoms with E-state index >= 15 is 0 Å². The SMILES string of the molecule is CC(=O)OC(C)C(C(=O)N1CCCC1)N1CC2(CCCN2)C1=O. The molecule has 128 valence electrons. The van der Waals surface area contributed by atoms with Crippen molar-refractivity contribution >= 4 is 17.8 Å². The van der Waals surface area contributed by atoms with Gasteiger partial charge in [-0.15, -0.1) is 0 Å². The molecule has 3 saturated heterocycles. The summed E-state index contributed by atoms with van der Waals surface area (Å²) in [6, 6.07) is -0.711. The first-order valence-electron chi connectivity index (χ1n) is 8.47. The standard InChI is InChI=1S/C16H25N3O4/c1-11(23-12(2)20)13(14(21)18-8-3-4-9-18)19-10-16(15(19)22)6-5-7-17-16/h11,13,17H,3-10H2,1-2H3. The molecule has 3 heterocycles. The maximum absolute atomic E-state index is 12.9. The molecule has 3 aliphatic heterocycles. The van der Waals surface area contributed by atoms with Crippen molar-refractivity contribution in [2.75, 3.05) is 26.2 Å². The summed E-state index contributed by atoms with van der Waals surface area (Å²) in [4.78, 5) is 40.2. The van der Waals surface area contributed by atoms with Crippen LogP contribution in [0, 0.1) is 0 Å². The van der Waals surface area contributed by atoms with Gasteiger partial charge in [-0.3, -0.25) is 14.4 Å². The fourth-order valence-corrected chi connectivity index (χ4v) is 4.00. The lowest BCUT2D eigenvalue weighted by Gasteiger charge is -2.51. The van der Waals surface area contributed by atoms with Crippen molar-refractivity contribution in [1.29, 1.82) is 0 Å². The Labute approximate surface area is 136 Å². The van der Waals surface area contributed by atoms with Gasteiger partial charge in [0.2, 0.25) is 11.8 Å². The smallest absolute Gasteiger partial charge is 0.302 e. The number of nitrogens with one attached hydrogen (secondary N) is 1. The first kappa shape index (κ1) is 16.2. The largest absolute Gasteiger partial charge is 0.460 e. The van der Waals surface area contributed by atoms with Crippen LogP contribution < -0.4 is 5.32 Å². The van der Waals surface area contributed by atoms with Crippen molar-refractivity contribution in [3.8, 4) is 0 Å². The van der Waals surface area contributed by atoms with E-state index in [9.17, 15) is 14.4 Å². The Morgan fingerprint density at radius 1 is 1.26 bits per heavy atom. The molecular weight excluding hydrogens is 298 g/mol. The van der Waals surface area contributed by atoms with Gasteiger partial charge in [0.05, 0.1) is 0 Å². The van der Waals surface area contributed by atoms with E-state index in [0.29, 0.717) is 19.6 Å². The Kier molecular flexibility index (Phi) is 4.31. The average Bonchev–Trinajstić information content (AvgIpc) is 3.18. The van der Waals surface area contributed by atoms with Crippen LogP contribution in [0.2, 0.25) is 0 Å². The van der Waals surface area contributed by atoms with E-state index in [1.54, 1.807) is 16.7 Å². The van der Waals surface area contributed by atoms with E-state index in [2.05, 4.69) is 5.32 Å². The highest BCUT2D eigenvalue weighted by Gasteiger charge is 2.58. The molecule has 0 aliphatic carbocycles. The van der Waals surface area contributed by atoms with Crippen LogP contribution in [0.25, 0.3) is 0 Å². The van der Waals surface area contributed by atoms with Gasteiger partial charge in [-0.25, -0.2) is 0 Å². The molecule has 0 radical (unpaired) electrons. The van der Waals surface area contributed by atoms with Crippen LogP contribution in [0.5, 0.6) is 0 Å². The highest BCUT2D eigenvalue weighted by molar-refractivity contribution is 5.98. The molecule has 3 rings (SSSR count). The Morgan fingerprint density at radius 2 is 1.96 bits per heavy atom. The number of hydrogen-bond acceptors (Lipinski definition) is 5. The second-order valence-electron chi connectivity index (χ2n) is 6.84. The van der Waals surface area contributed by atoms with Crippen molar-refractivity contribution in [2.24, 2.45) is 0 Å². The number of carbonyl (C=O) groups is 3. The summed E-state index contributed by atoms with van der Waals surface area (Å²) in [7, 11) is 0. The van der Waals surface area contributed by atoms with E-state index in [1.165, 1.54) is 6.92 Å². The van der Waals surface area contributed by atoms with Gasteiger partial charge in [-0.1, -0.05) is 0 Å². The number of carbonyl (C=O) groups excluding carboxylic acids is 3. The van der Waals surface area contributed by atoms with Crippen molar-refractivity contribution in [1.82, 2.24) is 15.1 Å². The Balaban J connectivity index is 1.76. The number of amides is 2. The molecule has 1 N–H and O–H groups in total. The minimum absolute atomic E-state index is 0.0356. The van der Waals surface area contributed by atoms with Crippen LogP contribution in [0.3, 0.4) is 0 Å². The summed E-state index contributed by atoms with van der Waals surface area (Å²) in [6.07, 6.45) is 3.13. The van der Waals surface area contributed by atoms with Crippen molar-refractivity contribution in [3.63, 3.8) is 0 Å². The van der Waals surface area contributed by atoms with E-state index < -0.39 is 23.7 Å². The van der Waals surface area contributed by atoms with Gasteiger partial charge in [0, 0.05) is 26.6 Å². The van der Waals surface area contributed by atoms with Gasteiger partial charge in [0.15, 0.2) is 0 Å². The highest BCUT2D eigenvalue weighted by atomic mass is 16.5. The molecule has 3 atom stereocenters. The van der Waals surface area contributed by atoms with Crippen LogP contribution in [-0.2, 0) is 19.1 Å². The van der Waals surface area contributed by atoms with Gasteiger partial charge >= 0.3 is 5.97 Å². The molecule has 3 fully saturated rings. The Hall–Kier alpha value is -1.63.